The molecular weight excluding hydrogens is 259 g/mol. The lowest BCUT2D eigenvalue weighted by Gasteiger charge is -2.28. The second-order valence-corrected chi connectivity index (χ2v) is 4.52. The Morgan fingerprint density at radius 1 is 1.37 bits per heavy atom. The summed E-state index contributed by atoms with van der Waals surface area (Å²) in [6.45, 7) is 1.31. The monoisotopic (exact) mass is 273 g/mol. The van der Waals surface area contributed by atoms with E-state index in [2.05, 4.69) is 0 Å². The van der Waals surface area contributed by atoms with Crippen LogP contribution in [0.25, 0.3) is 0 Å². The first-order valence-electron chi connectivity index (χ1n) is 5.92. The number of nitrogens with zero attached hydrogens (tertiary/aromatic N) is 1. The van der Waals surface area contributed by atoms with Crippen molar-refractivity contribution in [3.05, 3.63) is 29.3 Å². The third-order valence-electron chi connectivity index (χ3n) is 3.04. The summed E-state index contributed by atoms with van der Waals surface area (Å²) in [5, 5.41) is 0. The fraction of sp³-hybridized carbons (Fsp3) is 0.462. The number of halogens is 3. The van der Waals surface area contributed by atoms with Crippen LogP contribution < -0.4 is 4.74 Å². The number of ether oxygens (including phenoxy) is 1. The summed E-state index contributed by atoms with van der Waals surface area (Å²) in [6, 6.07) is 4.85. The van der Waals surface area contributed by atoms with Gasteiger partial charge in [-0.15, -0.1) is 0 Å². The lowest BCUT2D eigenvalue weighted by Crippen LogP contribution is -2.34. The van der Waals surface area contributed by atoms with Crippen molar-refractivity contribution in [3.63, 3.8) is 0 Å². The van der Waals surface area contributed by atoms with Gasteiger partial charge >= 0.3 is 6.18 Å². The molecule has 1 aliphatic rings. The Hall–Kier alpha value is -1.72. The maximum Gasteiger partial charge on any atom is 0.422 e. The number of amides is 1. The third-order valence-corrected chi connectivity index (χ3v) is 3.04. The number of carbonyl (C=O) groups is 1. The summed E-state index contributed by atoms with van der Waals surface area (Å²) >= 11 is 0. The Morgan fingerprint density at radius 3 is 2.74 bits per heavy atom. The van der Waals surface area contributed by atoms with Crippen LogP contribution in [0, 0.1) is 0 Å². The molecule has 0 N–H and O–H groups in total. The molecule has 1 heterocycles. The van der Waals surface area contributed by atoms with Crippen molar-refractivity contribution in [2.45, 2.75) is 26.1 Å². The van der Waals surface area contributed by atoms with Gasteiger partial charge in [0.2, 0.25) is 5.91 Å². The molecule has 0 spiro atoms. The van der Waals surface area contributed by atoms with E-state index in [9.17, 15) is 18.0 Å². The van der Waals surface area contributed by atoms with E-state index >= 15 is 0 Å². The molecule has 104 valence electrons. The first kappa shape index (κ1) is 13.7. The fourth-order valence-electron chi connectivity index (χ4n) is 2.05. The quantitative estimate of drug-likeness (QED) is 0.828. The lowest BCUT2D eigenvalue weighted by molar-refractivity contribution is -0.153. The molecule has 2 rings (SSSR count). The van der Waals surface area contributed by atoms with Crippen molar-refractivity contribution < 1.29 is 22.7 Å². The van der Waals surface area contributed by atoms with Crippen LogP contribution in [0.4, 0.5) is 13.2 Å². The van der Waals surface area contributed by atoms with Crippen LogP contribution >= 0.6 is 0 Å². The molecule has 6 heteroatoms. The SMILES string of the molecule is CC(=O)N1CCc2cc(OCC(F)(F)F)ccc2C1. The number of benzene rings is 1. The van der Waals surface area contributed by atoms with Gasteiger partial charge in [0.15, 0.2) is 6.61 Å². The molecule has 3 nitrogen and oxygen atoms in total. The topological polar surface area (TPSA) is 29.5 Å². The van der Waals surface area contributed by atoms with E-state index in [-0.39, 0.29) is 11.7 Å². The minimum absolute atomic E-state index is 0.00282. The Bertz CT molecular complexity index is 485. The van der Waals surface area contributed by atoms with Gasteiger partial charge in [0, 0.05) is 20.0 Å². The van der Waals surface area contributed by atoms with Crippen molar-refractivity contribution in [1.29, 1.82) is 0 Å². The standard InChI is InChI=1S/C13H14F3NO2/c1-9(18)17-5-4-10-6-12(3-2-11(10)7-17)19-8-13(14,15)16/h2-3,6H,4-5,7-8H2,1H3. The number of alkyl halides is 3. The van der Waals surface area contributed by atoms with Gasteiger partial charge in [-0.05, 0) is 29.7 Å². The highest BCUT2D eigenvalue weighted by Crippen LogP contribution is 2.25. The van der Waals surface area contributed by atoms with Crippen LogP contribution in [-0.4, -0.2) is 30.1 Å². The molecule has 0 bridgehead atoms. The highest BCUT2D eigenvalue weighted by Gasteiger charge is 2.28. The van der Waals surface area contributed by atoms with Crippen molar-refractivity contribution in [1.82, 2.24) is 4.90 Å². The fourth-order valence-corrected chi connectivity index (χ4v) is 2.05. The van der Waals surface area contributed by atoms with Gasteiger partial charge in [-0.3, -0.25) is 4.79 Å². The molecule has 0 unspecified atom stereocenters. The molecule has 1 amide bonds. The molecule has 1 aromatic rings. The number of fused-ring (bicyclic) bond motifs is 1. The second kappa shape index (κ2) is 5.11. The molecule has 0 aliphatic carbocycles. The minimum Gasteiger partial charge on any atom is -0.484 e. The van der Waals surface area contributed by atoms with Crippen LogP contribution in [0.2, 0.25) is 0 Å². The van der Waals surface area contributed by atoms with Crippen LogP contribution in [0.5, 0.6) is 5.75 Å². The summed E-state index contributed by atoms with van der Waals surface area (Å²) in [6.07, 6.45) is -3.69. The predicted octanol–water partition coefficient (Wildman–Crippen LogP) is 2.53. The largest absolute Gasteiger partial charge is 0.484 e. The summed E-state index contributed by atoms with van der Waals surface area (Å²) < 4.78 is 40.9. The summed E-state index contributed by atoms with van der Waals surface area (Å²) in [5.41, 5.74) is 1.90. The Kier molecular flexibility index (Phi) is 3.68. The van der Waals surface area contributed by atoms with E-state index in [0.29, 0.717) is 19.5 Å². The normalized spacial score (nSPS) is 15.1. The third kappa shape index (κ3) is 3.62. The van der Waals surface area contributed by atoms with Crippen LogP contribution in [0.15, 0.2) is 18.2 Å². The molecule has 0 radical (unpaired) electrons. The highest BCUT2D eigenvalue weighted by atomic mass is 19.4. The maximum absolute atomic E-state index is 12.1. The van der Waals surface area contributed by atoms with Crippen molar-refractivity contribution in [3.8, 4) is 5.75 Å². The number of rotatable bonds is 2. The zero-order valence-corrected chi connectivity index (χ0v) is 10.5. The predicted molar refractivity (Wildman–Crippen MR) is 62.8 cm³/mol. The smallest absolute Gasteiger partial charge is 0.422 e. The van der Waals surface area contributed by atoms with Crippen molar-refractivity contribution in [2.24, 2.45) is 0 Å². The second-order valence-electron chi connectivity index (χ2n) is 4.52. The molecule has 0 saturated carbocycles. The Labute approximate surface area is 109 Å². The average Bonchev–Trinajstić information content (AvgIpc) is 2.34. The Balaban J connectivity index is 2.07. The molecule has 0 fully saturated rings. The van der Waals surface area contributed by atoms with E-state index < -0.39 is 12.8 Å². The molecule has 19 heavy (non-hydrogen) atoms. The van der Waals surface area contributed by atoms with Crippen LogP contribution in [0.1, 0.15) is 18.1 Å². The van der Waals surface area contributed by atoms with E-state index in [1.54, 1.807) is 17.0 Å². The molecule has 1 aromatic carbocycles. The first-order valence-corrected chi connectivity index (χ1v) is 5.92. The number of hydrogen-bond donors (Lipinski definition) is 0. The Morgan fingerprint density at radius 2 is 2.11 bits per heavy atom. The van der Waals surface area contributed by atoms with E-state index in [0.717, 1.165) is 11.1 Å². The van der Waals surface area contributed by atoms with Gasteiger partial charge in [0.25, 0.3) is 0 Å². The van der Waals surface area contributed by atoms with Gasteiger partial charge in [-0.1, -0.05) is 6.07 Å². The van der Waals surface area contributed by atoms with E-state index in [1.807, 2.05) is 0 Å². The van der Waals surface area contributed by atoms with Gasteiger partial charge in [-0.25, -0.2) is 0 Å². The number of hydrogen-bond acceptors (Lipinski definition) is 2. The molecule has 0 aromatic heterocycles. The minimum atomic E-state index is -4.33. The van der Waals surface area contributed by atoms with Gasteiger partial charge in [0.1, 0.15) is 5.75 Å². The molecule has 0 saturated heterocycles. The van der Waals surface area contributed by atoms with Gasteiger partial charge < -0.3 is 9.64 Å². The maximum atomic E-state index is 12.1. The summed E-state index contributed by atoms with van der Waals surface area (Å²) in [4.78, 5) is 13.0. The summed E-state index contributed by atoms with van der Waals surface area (Å²) in [7, 11) is 0. The van der Waals surface area contributed by atoms with Crippen LogP contribution in [-0.2, 0) is 17.8 Å². The average molecular weight is 273 g/mol. The number of carbonyl (C=O) groups excluding carboxylic acids is 1. The highest BCUT2D eigenvalue weighted by molar-refractivity contribution is 5.73. The molecule has 0 atom stereocenters. The zero-order valence-electron chi connectivity index (χ0n) is 10.5. The molecule has 1 aliphatic heterocycles. The van der Waals surface area contributed by atoms with Crippen molar-refractivity contribution >= 4 is 5.91 Å². The lowest BCUT2D eigenvalue weighted by atomic mass is 9.99. The zero-order chi connectivity index (χ0) is 14.0. The van der Waals surface area contributed by atoms with E-state index in [1.165, 1.54) is 13.0 Å². The van der Waals surface area contributed by atoms with E-state index in [4.69, 9.17) is 4.74 Å². The summed E-state index contributed by atoms with van der Waals surface area (Å²) in [5.74, 6) is 0.218. The first-order chi connectivity index (χ1) is 8.85. The molecular formula is C13H14F3NO2. The van der Waals surface area contributed by atoms with Gasteiger partial charge in [0.05, 0.1) is 0 Å². The van der Waals surface area contributed by atoms with Crippen molar-refractivity contribution in [2.75, 3.05) is 13.2 Å². The van der Waals surface area contributed by atoms with Gasteiger partial charge in [-0.2, -0.15) is 13.2 Å². The van der Waals surface area contributed by atoms with Crippen LogP contribution in [0.3, 0.4) is 0 Å².